The minimum absolute atomic E-state index is 0.331. The van der Waals surface area contributed by atoms with Gasteiger partial charge in [-0.2, -0.15) is 18.3 Å². The first-order valence-electron chi connectivity index (χ1n) is 5.51. The second kappa shape index (κ2) is 3.79. The quantitative estimate of drug-likeness (QED) is 0.784. The second-order valence-corrected chi connectivity index (χ2v) is 4.11. The van der Waals surface area contributed by atoms with E-state index in [1.54, 1.807) is 4.68 Å². The highest BCUT2D eigenvalue weighted by atomic mass is 19.4. The summed E-state index contributed by atoms with van der Waals surface area (Å²) in [5.74, 6) is 1.16. The van der Waals surface area contributed by atoms with Crippen molar-refractivity contribution in [2.75, 3.05) is 0 Å². The maximum Gasteiger partial charge on any atom is 0.433 e. The summed E-state index contributed by atoms with van der Waals surface area (Å²) in [5.41, 5.74) is -0.575. The molecule has 3 rings (SSSR count). The Labute approximate surface area is 100 Å². The summed E-state index contributed by atoms with van der Waals surface area (Å²) >= 11 is 0. The van der Waals surface area contributed by atoms with Gasteiger partial charge in [0.05, 0.1) is 0 Å². The van der Waals surface area contributed by atoms with E-state index >= 15 is 0 Å². The summed E-state index contributed by atoms with van der Waals surface area (Å²) in [6.07, 6.45) is -1.51. The number of aromatic nitrogens is 4. The Morgan fingerprint density at radius 3 is 2.83 bits per heavy atom. The lowest BCUT2D eigenvalue weighted by Crippen LogP contribution is -2.07. The van der Waals surface area contributed by atoms with E-state index in [2.05, 4.69) is 15.1 Å². The molecular formula is C11H9F3N4. The lowest BCUT2D eigenvalue weighted by Gasteiger charge is -2.05. The Morgan fingerprint density at radius 2 is 2.11 bits per heavy atom. The van der Waals surface area contributed by atoms with Crippen LogP contribution >= 0.6 is 0 Å². The van der Waals surface area contributed by atoms with Crippen molar-refractivity contribution in [1.29, 1.82) is 0 Å². The Bertz CT molecular complexity index is 567. The van der Waals surface area contributed by atoms with Crippen LogP contribution < -0.4 is 0 Å². The summed E-state index contributed by atoms with van der Waals surface area (Å²) < 4.78 is 39.3. The number of hydrogen-bond acceptors (Lipinski definition) is 3. The Hall–Kier alpha value is -1.92. The van der Waals surface area contributed by atoms with Gasteiger partial charge in [0.2, 0.25) is 0 Å². The molecule has 1 aliphatic rings. The standard InChI is InChI=1S/C11H9F3N4/c12-11(13,14)8-6-7(3-4-15-8)10-16-9-2-1-5-18(9)17-10/h3-4,6H,1-2,5H2. The van der Waals surface area contributed by atoms with E-state index in [9.17, 15) is 13.2 Å². The van der Waals surface area contributed by atoms with Crippen molar-refractivity contribution in [1.82, 2.24) is 19.7 Å². The molecule has 0 amide bonds. The fourth-order valence-corrected chi connectivity index (χ4v) is 1.97. The monoisotopic (exact) mass is 254 g/mol. The minimum atomic E-state index is -4.45. The molecule has 0 spiro atoms. The van der Waals surface area contributed by atoms with Gasteiger partial charge in [-0.1, -0.05) is 0 Å². The number of nitrogens with zero attached hydrogens (tertiary/aromatic N) is 4. The van der Waals surface area contributed by atoms with Gasteiger partial charge in [-0.3, -0.25) is 4.98 Å². The van der Waals surface area contributed by atoms with Gasteiger partial charge in [0, 0.05) is 24.7 Å². The molecule has 0 radical (unpaired) electrons. The molecule has 0 saturated heterocycles. The van der Waals surface area contributed by atoms with Crippen molar-refractivity contribution >= 4 is 0 Å². The fraction of sp³-hybridized carbons (Fsp3) is 0.364. The van der Waals surface area contributed by atoms with Gasteiger partial charge >= 0.3 is 6.18 Å². The van der Waals surface area contributed by atoms with Crippen molar-refractivity contribution in [3.63, 3.8) is 0 Å². The highest BCUT2D eigenvalue weighted by Gasteiger charge is 2.32. The number of aryl methyl sites for hydroxylation is 2. The maximum absolute atomic E-state index is 12.5. The number of halogens is 3. The summed E-state index contributed by atoms with van der Waals surface area (Å²) in [6, 6.07) is 2.46. The van der Waals surface area contributed by atoms with Crippen LogP contribution in [0.5, 0.6) is 0 Å². The summed E-state index contributed by atoms with van der Waals surface area (Å²) in [6.45, 7) is 0.777. The van der Waals surface area contributed by atoms with Crippen molar-refractivity contribution in [2.24, 2.45) is 0 Å². The Morgan fingerprint density at radius 1 is 1.28 bits per heavy atom. The normalized spacial score (nSPS) is 14.8. The number of rotatable bonds is 1. The molecule has 0 saturated carbocycles. The highest BCUT2D eigenvalue weighted by molar-refractivity contribution is 5.54. The lowest BCUT2D eigenvalue weighted by molar-refractivity contribution is -0.141. The molecular weight excluding hydrogens is 245 g/mol. The van der Waals surface area contributed by atoms with E-state index in [-0.39, 0.29) is 0 Å². The molecule has 4 nitrogen and oxygen atoms in total. The molecule has 1 aliphatic heterocycles. The molecule has 0 N–H and O–H groups in total. The van der Waals surface area contributed by atoms with Crippen LogP contribution in [-0.2, 0) is 19.1 Å². The lowest BCUT2D eigenvalue weighted by atomic mass is 10.2. The summed E-state index contributed by atoms with van der Waals surface area (Å²) in [4.78, 5) is 7.55. The van der Waals surface area contributed by atoms with Crippen LogP contribution in [0.25, 0.3) is 11.4 Å². The zero-order valence-electron chi connectivity index (χ0n) is 9.28. The van der Waals surface area contributed by atoms with Crippen molar-refractivity contribution in [3.05, 3.63) is 29.8 Å². The first kappa shape index (κ1) is 11.2. The fourth-order valence-electron chi connectivity index (χ4n) is 1.97. The largest absolute Gasteiger partial charge is 0.433 e. The van der Waals surface area contributed by atoms with Gasteiger partial charge in [-0.25, -0.2) is 9.67 Å². The molecule has 94 valence electrons. The molecule has 0 aliphatic carbocycles. The van der Waals surface area contributed by atoms with Crippen LogP contribution in [0.3, 0.4) is 0 Å². The molecule has 18 heavy (non-hydrogen) atoms. The first-order chi connectivity index (χ1) is 8.54. The smallest absolute Gasteiger partial charge is 0.252 e. The molecule has 0 bridgehead atoms. The van der Waals surface area contributed by atoms with Gasteiger partial charge in [-0.15, -0.1) is 0 Å². The van der Waals surface area contributed by atoms with E-state index in [0.29, 0.717) is 11.4 Å². The Kier molecular flexibility index (Phi) is 2.36. The summed E-state index contributed by atoms with van der Waals surface area (Å²) in [5, 5.41) is 4.19. The van der Waals surface area contributed by atoms with E-state index in [4.69, 9.17) is 0 Å². The first-order valence-corrected chi connectivity index (χ1v) is 5.51. The number of alkyl halides is 3. The van der Waals surface area contributed by atoms with Crippen molar-refractivity contribution in [3.8, 4) is 11.4 Å². The van der Waals surface area contributed by atoms with Crippen LogP contribution in [0.4, 0.5) is 13.2 Å². The highest BCUT2D eigenvalue weighted by Crippen LogP contribution is 2.30. The molecule has 3 heterocycles. The third-order valence-corrected chi connectivity index (χ3v) is 2.83. The zero-order chi connectivity index (χ0) is 12.8. The van der Waals surface area contributed by atoms with Gasteiger partial charge < -0.3 is 0 Å². The van der Waals surface area contributed by atoms with Crippen molar-refractivity contribution < 1.29 is 13.2 Å². The molecule has 2 aromatic heterocycles. The number of pyridine rings is 1. The van der Waals surface area contributed by atoms with E-state index < -0.39 is 11.9 Å². The van der Waals surface area contributed by atoms with Crippen LogP contribution in [0.2, 0.25) is 0 Å². The van der Waals surface area contributed by atoms with Crippen LogP contribution in [0, 0.1) is 0 Å². The summed E-state index contributed by atoms with van der Waals surface area (Å²) in [7, 11) is 0. The molecule has 0 unspecified atom stereocenters. The van der Waals surface area contributed by atoms with E-state index in [1.165, 1.54) is 6.07 Å². The third-order valence-electron chi connectivity index (χ3n) is 2.83. The molecule has 0 atom stereocenters. The maximum atomic E-state index is 12.5. The van der Waals surface area contributed by atoms with Crippen molar-refractivity contribution in [2.45, 2.75) is 25.6 Å². The third kappa shape index (κ3) is 1.85. The van der Waals surface area contributed by atoms with E-state index in [1.807, 2.05) is 0 Å². The predicted molar refractivity (Wildman–Crippen MR) is 56.6 cm³/mol. The van der Waals surface area contributed by atoms with Gasteiger partial charge in [0.15, 0.2) is 5.82 Å². The molecule has 0 aromatic carbocycles. The molecule has 2 aromatic rings. The number of fused-ring (bicyclic) bond motifs is 1. The van der Waals surface area contributed by atoms with Gasteiger partial charge in [0.25, 0.3) is 0 Å². The number of hydrogen-bond donors (Lipinski definition) is 0. The SMILES string of the molecule is FC(F)(F)c1cc(-c2nc3n(n2)CCC3)ccn1. The minimum Gasteiger partial charge on any atom is -0.252 e. The average molecular weight is 254 g/mol. The van der Waals surface area contributed by atoms with Crippen LogP contribution in [-0.4, -0.2) is 19.7 Å². The van der Waals surface area contributed by atoms with Crippen LogP contribution in [0.15, 0.2) is 18.3 Å². The van der Waals surface area contributed by atoms with Crippen LogP contribution in [0.1, 0.15) is 17.9 Å². The zero-order valence-corrected chi connectivity index (χ0v) is 9.28. The molecule has 0 fully saturated rings. The second-order valence-electron chi connectivity index (χ2n) is 4.11. The Balaban J connectivity index is 2.01. The van der Waals surface area contributed by atoms with Gasteiger partial charge in [0.1, 0.15) is 11.5 Å². The molecule has 7 heteroatoms. The average Bonchev–Trinajstić information content (AvgIpc) is 2.88. The van der Waals surface area contributed by atoms with Gasteiger partial charge in [-0.05, 0) is 18.6 Å². The van der Waals surface area contributed by atoms with E-state index in [0.717, 1.165) is 37.5 Å². The predicted octanol–water partition coefficient (Wildman–Crippen LogP) is 2.31. The topological polar surface area (TPSA) is 43.6 Å².